The number of rotatable bonds is 6. The van der Waals surface area contributed by atoms with Crippen LogP contribution in [0.15, 0.2) is 30.5 Å². The molecule has 0 radical (unpaired) electrons. The predicted octanol–water partition coefficient (Wildman–Crippen LogP) is 3.92. The van der Waals surface area contributed by atoms with Crippen LogP contribution >= 0.6 is 0 Å². The lowest BCUT2D eigenvalue weighted by Crippen LogP contribution is -2.40. The summed E-state index contributed by atoms with van der Waals surface area (Å²) in [5.41, 5.74) is 2.32. The molecule has 0 bridgehead atoms. The van der Waals surface area contributed by atoms with E-state index < -0.39 is 18.1 Å². The number of carbonyl (C=O) groups is 1. The number of alkyl halides is 3. The SMILES string of the molecule is CC[C@H]1C[C@@H](C(F)(F)F)n2ncc(C(=O)NC[C@H](c3ccc(C)cc3)N(C)C)c2N1. The molecule has 1 aliphatic heterocycles. The number of aromatic nitrogens is 2. The highest BCUT2D eigenvalue weighted by molar-refractivity contribution is 5.98. The summed E-state index contributed by atoms with van der Waals surface area (Å²) in [6, 6.07) is 5.86. The molecule has 0 spiro atoms. The number of benzene rings is 1. The normalized spacial score (nSPS) is 19.9. The summed E-state index contributed by atoms with van der Waals surface area (Å²) in [5.74, 6) is -0.315. The molecular formula is C21H28F3N5O. The largest absolute Gasteiger partial charge is 0.410 e. The zero-order chi connectivity index (χ0) is 22.1. The summed E-state index contributed by atoms with van der Waals surface area (Å²) >= 11 is 0. The average Bonchev–Trinajstić information content (AvgIpc) is 3.11. The zero-order valence-electron chi connectivity index (χ0n) is 17.6. The standard InChI is InChI=1S/C21H28F3N5O/c1-5-15-10-18(21(22,23)24)29-19(27-15)16(11-26-29)20(30)25-12-17(28(3)4)14-8-6-13(2)7-9-14/h6-9,11,15,17-18,27H,5,10,12H2,1-4H3,(H,25,30)/t15-,17+,18-/m0/s1. The van der Waals surface area contributed by atoms with Crippen LogP contribution in [0.5, 0.6) is 0 Å². The fraction of sp³-hybridized carbons (Fsp3) is 0.524. The average molecular weight is 423 g/mol. The molecule has 30 heavy (non-hydrogen) atoms. The maximum Gasteiger partial charge on any atom is 0.410 e. The topological polar surface area (TPSA) is 62.2 Å². The number of nitrogens with zero attached hydrogens (tertiary/aromatic N) is 3. The van der Waals surface area contributed by atoms with Gasteiger partial charge in [-0.3, -0.25) is 4.79 Å². The third-order valence-electron chi connectivity index (χ3n) is 5.60. The highest BCUT2D eigenvalue weighted by Crippen LogP contribution is 2.40. The van der Waals surface area contributed by atoms with E-state index in [1.54, 1.807) is 0 Å². The van der Waals surface area contributed by atoms with Gasteiger partial charge in [-0.1, -0.05) is 36.8 Å². The van der Waals surface area contributed by atoms with Crippen molar-refractivity contribution in [1.29, 1.82) is 0 Å². The maximum atomic E-state index is 13.5. The van der Waals surface area contributed by atoms with E-state index in [0.29, 0.717) is 13.0 Å². The number of hydrogen-bond donors (Lipinski definition) is 2. The number of carbonyl (C=O) groups excluding carboxylic acids is 1. The van der Waals surface area contributed by atoms with Crippen LogP contribution < -0.4 is 10.6 Å². The Kier molecular flexibility index (Phi) is 6.40. The second kappa shape index (κ2) is 8.67. The van der Waals surface area contributed by atoms with Crippen LogP contribution in [0.2, 0.25) is 0 Å². The van der Waals surface area contributed by atoms with E-state index in [-0.39, 0.29) is 29.9 Å². The Morgan fingerprint density at radius 2 is 2.00 bits per heavy atom. The van der Waals surface area contributed by atoms with Crippen molar-refractivity contribution in [1.82, 2.24) is 20.0 Å². The third-order valence-corrected chi connectivity index (χ3v) is 5.60. The first-order valence-corrected chi connectivity index (χ1v) is 10.0. The molecule has 0 saturated carbocycles. The summed E-state index contributed by atoms with van der Waals surface area (Å²) in [6.45, 7) is 4.14. The van der Waals surface area contributed by atoms with Gasteiger partial charge >= 0.3 is 6.18 Å². The Labute approximate surface area is 174 Å². The summed E-state index contributed by atoms with van der Waals surface area (Å²) in [4.78, 5) is 14.8. The quantitative estimate of drug-likeness (QED) is 0.739. The van der Waals surface area contributed by atoms with E-state index in [0.717, 1.165) is 15.8 Å². The fourth-order valence-electron chi connectivity index (χ4n) is 3.74. The van der Waals surface area contributed by atoms with Gasteiger partial charge in [-0.2, -0.15) is 18.3 Å². The number of amides is 1. The van der Waals surface area contributed by atoms with Gasteiger partial charge in [0.1, 0.15) is 11.4 Å². The van der Waals surface area contributed by atoms with Crippen molar-refractivity contribution in [3.05, 3.63) is 47.2 Å². The van der Waals surface area contributed by atoms with Crippen LogP contribution in [0.3, 0.4) is 0 Å². The number of nitrogens with one attached hydrogen (secondary N) is 2. The monoisotopic (exact) mass is 423 g/mol. The van der Waals surface area contributed by atoms with Gasteiger partial charge in [-0.05, 0) is 39.4 Å². The molecule has 0 saturated heterocycles. The van der Waals surface area contributed by atoms with Crippen molar-refractivity contribution in [2.45, 2.75) is 51.0 Å². The van der Waals surface area contributed by atoms with Crippen LogP contribution in [0.1, 0.15) is 53.3 Å². The molecule has 3 rings (SSSR count). The van der Waals surface area contributed by atoms with Crippen molar-refractivity contribution in [2.75, 3.05) is 26.0 Å². The van der Waals surface area contributed by atoms with Crippen molar-refractivity contribution >= 4 is 11.7 Å². The van der Waals surface area contributed by atoms with E-state index in [4.69, 9.17) is 0 Å². The molecule has 1 aliphatic rings. The van der Waals surface area contributed by atoms with Crippen molar-refractivity contribution < 1.29 is 18.0 Å². The molecule has 0 unspecified atom stereocenters. The minimum atomic E-state index is -4.43. The summed E-state index contributed by atoms with van der Waals surface area (Å²) in [7, 11) is 3.83. The minimum absolute atomic E-state index is 0.0692. The summed E-state index contributed by atoms with van der Waals surface area (Å²) < 4.78 is 41.4. The Morgan fingerprint density at radius 1 is 1.33 bits per heavy atom. The smallest absolute Gasteiger partial charge is 0.367 e. The highest BCUT2D eigenvalue weighted by Gasteiger charge is 2.46. The van der Waals surface area contributed by atoms with Crippen LogP contribution in [-0.4, -0.2) is 53.4 Å². The molecule has 0 fully saturated rings. The number of hydrogen-bond acceptors (Lipinski definition) is 4. The lowest BCUT2D eigenvalue weighted by atomic mass is 10.0. The van der Waals surface area contributed by atoms with Crippen molar-refractivity contribution in [3.63, 3.8) is 0 Å². The zero-order valence-corrected chi connectivity index (χ0v) is 17.6. The molecule has 9 heteroatoms. The molecule has 1 aromatic carbocycles. The maximum absolute atomic E-state index is 13.5. The van der Waals surface area contributed by atoms with Crippen LogP contribution in [0, 0.1) is 6.92 Å². The number of aryl methyl sites for hydroxylation is 1. The summed E-state index contributed by atoms with van der Waals surface area (Å²) in [6.07, 6.45) is -2.79. The highest BCUT2D eigenvalue weighted by atomic mass is 19.4. The van der Waals surface area contributed by atoms with E-state index >= 15 is 0 Å². The second-order valence-corrected chi connectivity index (χ2v) is 7.99. The second-order valence-electron chi connectivity index (χ2n) is 7.99. The Bertz CT molecular complexity index is 876. The molecule has 2 heterocycles. The van der Waals surface area contributed by atoms with E-state index in [9.17, 15) is 18.0 Å². The predicted molar refractivity (Wildman–Crippen MR) is 110 cm³/mol. The van der Waals surface area contributed by atoms with Gasteiger partial charge in [0.2, 0.25) is 0 Å². The Morgan fingerprint density at radius 3 is 2.57 bits per heavy atom. The molecule has 2 N–H and O–H groups in total. The van der Waals surface area contributed by atoms with Crippen molar-refractivity contribution in [3.8, 4) is 0 Å². The number of anilines is 1. The van der Waals surface area contributed by atoms with Crippen LogP contribution in [0.4, 0.5) is 19.0 Å². The molecule has 0 aliphatic carbocycles. The molecule has 164 valence electrons. The van der Waals surface area contributed by atoms with Gasteiger partial charge in [-0.15, -0.1) is 0 Å². The Hall–Kier alpha value is -2.55. The van der Waals surface area contributed by atoms with Gasteiger partial charge in [0.15, 0.2) is 6.04 Å². The van der Waals surface area contributed by atoms with Crippen LogP contribution in [-0.2, 0) is 0 Å². The number of halogens is 3. The van der Waals surface area contributed by atoms with E-state index in [1.165, 1.54) is 6.20 Å². The number of fused-ring (bicyclic) bond motifs is 1. The lowest BCUT2D eigenvalue weighted by Gasteiger charge is -2.33. The van der Waals surface area contributed by atoms with Gasteiger partial charge in [0.25, 0.3) is 5.91 Å². The molecule has 3 atom stereocenters. The molecule has 1 aromatic heterocycles. The van der Waals surface area contributed by atoms with E-state index in [1.807, 2.05) is 57.1 Å². The van der Waals surface area contributed by atoms with Gasteiger partial charge in [0.05, 0.1) is 12.2 Å². The van der Waals surface area contributed by atoms with Gasteiger partial charge in [0, 0.05) is 12.6 Å². The number of likely N-dealkylation sites (N-methyl/N-ethyl adjacent to an activating group) is 1. The molecule has 6 nitrogen and oxygen atoms in total. The minimum Gasteiger partial charge on any atom is -0.367 e. The summed E-state index contributed by atoms with van der Waals surface area (Å²) in [5, 5.41) is 9.80. The van der Waals surface area contributed by atoms with Crippen molar-refractivity contribution in [2.24, 2.45) is 0 Å². The third kappa shape index (κ3) is 4.61. The van der Waals surface area contributed by atoms with Gasteiger partial charge < -0.3 is 15.5 Å². The van der Waals surface area contributed by atoms with Gasteiger partial charge in [-0.25, -0.2) is 4.68 Å². The lowest BCUT2D eigenvalue weighted by molar-refractivity contribution is -0.173. The Balaban J connectivity index is 1.79. The first kappa shape index (κ1) is 22.1. The first-order chi connectivity index (χ1) is 14.1. The van der Waals surface area contributed by atoms with Crippen LogP contribution in [0.25, 0.3) is 0 Å². The first-order valence-electron chi connectivity index (χ1n) is 10.0. The molecular weight excluding hydrogens is 395 g/mol. The molecule has 2 aromatic rings. The fourth-order valence-corrected chi connectivity index (χ4v) is 3.74. The molecule has 1 amide bonds. The van der Waals surface area contributed by atoms with E-state index in [2.05, 4.69) is 15.7 Å².